The molecule has 1 heteroatoms. The van der Waals surface area contributed by atoms with Crippen molar-refractivity contribution in [2.75, 3.05) is 0 Å². The largest absolute Gasteiger partial charge is 0.323 e. The summed E-state index contributed by atoms with van der Waals surface area (Å²) in [4.78, 5) is 0. The molecule has 1 aliphatic rings. The van der Waals surface area contributed by atoms with E-state index in [4.69, 9.17) is 0 Å². The highest BCUT2D eigenvalue weighted by atomic mass is 15.0. The predicted molar refractivity (Wildman–Crippen MR) is 90.2 cm³/mol. The van der Waals surface area contributed by atoms with Crippen LogP contribution in [0, 0.1) is 10.8 Å². The highest BCUT2D eigenvalue weighted by Gasteiger charge is 2.50. The van der Waals surface area contributed by atoms with Crippen molar-refractivity contribution in [3.63, 3.8) is 0 Å². The highest BCUT2D eigenvalue weighted by Crippen LogP contribution is 2.62. The smallest absolute Gasteiger partial charge is 0.0449 e. The summed E-state index contributed by atoms with van der Waals surface area (Å²) in [5.41, 5.74) is 4.98. The first-order valence-corrected chi connectivity index (χ1v) is 7.97. The van der Waals surface area contributed by atoms with E-state index in [0.29, 0.717) is 22.7 Å². The molecule has 0 saturated carbocycles. The fourth-order valence-electron chi connectivity index (χ4n) is 3.95. The quantitative estimate of drug-likeness (QED) is 0.627. The number of benzene rings is 1. The van der Waals surface area contributed by atoms with Gasteiger partial charge in [-0.1, -0.05) is 59.7 Å². The van der Waals surface area contributed by atoms with Gasteiger partial charge in [-0.2, -0.15) is 0 Å². The number of para-hydroxylation sites is 1. The normalized spacial score (nSPS) is 21.8. The van der Waals surface area contributed by atoms with Crippen LogP contribution >= 0.6 is 0 Å². The highest BCUT2D eigenvalue weighted by molar-refractivity contribution is 5.49. The Bertz CT molecular complexity index is 597. The first kappa shape index (κ1) is 14.4. The second kappa shape index (κ2) is 4.50. The van der Waals surface area contributed by atoms with E-state index in [-0.39, 0.29) is 0 Å². The van der Waals surface area contributed by atoms with Crippen LogP contribution in [0.25, 0.3) is 5.69 Å². The molecular formula is C20H27N. The second-order valence-electron chi connectivity index (χ2n) is 8.60. The zero-order valence-corrected chi connectivity index (χ0v) is 14.1. The van der Waals surface area contributed by atoms with Gasteiger partial charge in [0.05, 0.1) is 0 Å². The Morgan fingerprint density at radius 1 is 0.714 bits per heavy atom. The van der Waals surface area contributed by atoms with Gasteiger partial charge in [-0.05, 0) is 45.9 Å². The summed E-state index contributed by atoms with van der Waals surface area (Å²) in [5, 5.41) is 0. The number of hydrogen-bond donors (Lipinski definition) is 0. The van der Waals surface area contributed by atoms with E-state index >= 15 is 0 Å². The van der Waals surface area contributed by atoms with Crippen molar-refractivity contribution in [2.45, 2.75) is 53.4 Å². The Kier molecular flexibility index (Phi) is 3.09. The maximum atomic E-state index is 2.37. The number of aromatic nitrogens is 1. The average Bonchev–Trinajstić information content (AvgIpc) is 2.66. The van der Waals surface area contributed by atoms with Crippen molar-refractivity contribution in [1.82, 2.24) is 4.57 Å². The maximum Gasteiger partial charge on any atom is 0.0449 e. The molecule has 0 aliphatic heterocycles. The molecule has 3 rings (SSSR count). The Labute approximate surface area is 129 Å². The van der Waals surface area contributed by atoms with Gasteiger partial charge < -0.3 is 4.57 Å². The van der Waals surface area contributed by atoms with Gasteiger partial charge in [0.1, 0.15) is 0 Å². The average molecular weight is 281 g/mol. The van der Waals surface area contributed by atoms with Crippen molar-refractivity contribution in [3.05, 3.63) is 53.9 Å². The van der Waals surface area contributed by atoms with Crippen LogP contribution in [0.2, 0.25) is 0 Å². The minimum Gasteiger partial charge on any atom is -0.323 e. The molecule has 2 unspecified atom stereocenters. The maximum absolute atomic E-state index is 2.37. The number of fused-ring (bicyclic) bond motifs is 1. The summed E-state index contributed by atoms with van der Waals surface area (Å²) < 4.78 is 2.30. The molecule has 0 saturated heterocycles. The molecule has 112 valence electrons. The molecule has 1 aromatic carbocycles. The van der Waals surface area contributed by atoms with Gasteiger partial charge in [-0.3, -0.25) is 0 Å². The molecule has 21 heavy (non-hydrogen) atoms. The van der Waals surface area contributed by atoms with E-state index < -0.39 is 0 Å². The molecule has 0 N–H and O–H groups in total. The molecule has 0 fully saturated rings. The first-order valence-electron chi connectivity index (χ1n) is 7.97. The Hall–Kier alpha value is -1.50. The lowest BCUT2D eigenvalue weighted by Gasteiger charge is -2.51. The van der Waals surface area contributed by atoms with Crippen molar-refractivity contribution < 1.29 is 0 Å². The van der Waals surface area contributed by atoms with Crippen molar-refractivity contribution in [2.24, 2.45) is 10.8 Å². The summed E-state index contributed by atoms with van der Waals surface area (Å²) in [6, 6.07) is 10.6. The molecule has 0 radical (unpaired) electrons. The van der Waals surface area contributed by atoms with E-state index in [9.17, 15) is 0 Å². The van der Waals surface area contributed by atoms with Gasteiger partial charge in [0.2, 0.25) is 0 Å². The lowest BCUT2D eigenvalue weighted by molar-refractivity contribution is 0.156. The number of nitrogens with zero attached hydrogens (tertiary/aromatic N) is 1. The Balaban J connectivity index is 2.07. The third-order valence-electron chi connectivity index (χ3n) is 4.81. The summed E-state index contributed by atoms with van der Waals surface area (Å²) in [5.74, 6) is 1.30. The predicted octanol–water partition coefficient (Wildman–Crippen LogP) is 5.75. The summed E-state index contributed by atoms with van der Waals surface area (Å²) in [7, 11) is 0. The molecular weight excluding hydrogens is 254 g/mol. The Morgan fingerprint density at radius 2 is 1.14 bits per heavy atom. The van der Waals surface area contributed by atoms with E-state index in [1.54, 1.807) is 11.1 Å². The molecule has 0 bridgehead atoms. The summed E-state index contributed by atoms with van der Waals surface area (Å²) in [6.07, 6.45) is 4.70. The summed E-state index contributed by atoms with van der Waals surface area (Å²) >= 11 is 0. The zero-order valence-electron chi connectivity index (χ0n) is 14.1. The van der Waals surface area contributed by atoms with Crippen LogP contribution in [0.3, 0.4) is 0 Å². The van der Waals surface area contributed by atoms with Crippen LogP contribution < -0.4 is 0 Å². The van der Waals surface area contributed by atoms with Crippen molar-refractivity contribution in [1.29, 1.82) is 0 Å². The van der Waals surface area contributed by atoms with Crippen molar-refractivity contribution in [3.8, 4) is 5.69 Å². The lowest BCUT2D eigenvalue weighted by Crippen LogP contribution is -2.39. The van der Waals surface area contributed by atoms with Crippen LogP contribution in [0.15, 0.2) is 42.7 Å². The zero-order chi connectivity index (χ0) is 15.4. The molecule has 1 aliphatic carbocycles. The van der Waals surface area contributed by atoms with Crippen LogP contribution in [0.5, 0.6) is 0 Å². The monoisotopic (exact) mass is 281 g/mol. The minimum atomic E-state index is 0.313. The molecule has 2 aromatic rings. The van der Waals surface area contributed by atoms with Crippen LogP contribution in [0.1, 0.15) is 64.5 Å². The van der Waals surface area contributed by atoms with Gasteiger partial charge in [0.15, 0.2) is 0 Å². The molecule has 0 amide bonds. The van der Waals surface area contributed by atoms with Crippen LogP contribution in [0.4, 0.5) is 0 Å². The SMILES string of the molecule is CC(C)(C)C1c2cn(-c3ccccc3)cc2C1C(C)(C)C. The lowest BCUT2D eigenvalue weighted by atomic mass is 9.52. The second-order valence-corrected chi connectivity index (χ2v) is 8.60. The van der Waals surface area contributed by atoms with Gasteiger partial charge in [0, 0.05) is 18.1 Å². The molecule has 1 aromatic heterocycles. The topological polar surface area (TPSA) is 4.93 Å². The summed E-state index contributed by atoms with van der Waals surface area (Å²) in [6.45, 7) is 14.2. The first-order chi connectivity index (χ1) is 9.69. The van der Waals surface area contributed by atoms with Gasteiger partial charge >= 0.3 is 0 Å². The van der Waals surface area contributed by atoms with Gasteiger partial charge in [-0.15, -0.1) is 0 Å². The fraction of sp³-hybridized carbons (Fsp3) is 0.500. The van der Waals surface area contributed by atoms with Crippen LogP contribution in [-0.4, -0.2) is 4.57 Å². The minimum absolute atomic E-state index is 0.313. The van der Waals surface area contributed by atoms with E-state index in [1.165, 1.54) is 5.69 Å². The fourth-order valence-corrected chi connectivity index (χ4v) is 3.95. The third kappa shape index (κ3) is 2.33. The standard InChI is InChI=1S/C20H27N/c1-19(2,3)17-15-12-21(14-10-8-7-9-11-14)13-16(15)18(17)20(4,5)6/h7-13,17-18H,1-6H3. The molecule has 1 nitrogen and oxygen atoms in total. The molecule has 1 heterocycles. The number of hydrogen-bond acceptors (Lipinski definition) is 0. The van der Waals surface area contributed by atoms with Crippen LogP contribution in [-0.2, 0) is 0 Å². The van der Waals surface area contributed by atoms with E-state index in [2.05, 4.69) is 88.8 Å². The number of rotatable bonds is 1. The molecule has 0 spiro atoms. The van der Waals surface area contributed by atoms with E-state index in [0.717, 1.165) is 0 Å². The Morgan fingerprint density at radius 3 is 1.52 bits per heavy atom. The van der Waals surface area contributed by atoms with Gasteiger partial charge in [0.25, 0.3) is 0 Å². The molecule has 2 atom stereocenters. The third-order valence-corrected chi connectivity index (χ3v) is 4.81. The van der Waals surface area contributed by atoms with Gasteiger partial charge in [-0.25, -0.2) is 0 Å². The van der Waals surface area contributed by atoms with Crippen molar-refractivity contribution >= 4 is 0 Å². The van der Waals surface area contributed by atoms with E-state index in [1.807, 2.05) is 0 Å².